The summed E-state index contributed by atoms with van der Waals surface area (Å²) in [4.78, 5) is 45.1. The number of nitrogens with zero attached hydrogens (tertiary/aromatic N) is 5. The average Bonchev–Trinajstić information content (AvgIpc) is 3.23. The van der Waals surface area contributed by atoms with E-state index in [0.717, 1.165) is 18.5 Å². The number of carbonyl (C=O) groups excluding carboxylic acids is 2. The fourth-order valence-electron chi connectivity index (χ4n) is 3.58. The largest absolute Gasteiger partial charge is 0.412 e. The molecule has 0 bridgehead atoms. The second-order valence-corrected chi connectivity index (χ2v) is 8.62. The van der Waals surface area contributed by atoms with Crippen LogP contribution in [0.15, 0.2) is 36.5 Å². The number of benzene rings is 1. The minimum Gasteiger partial charge on any atom is -0.410 e. The van der Waals surface area contributed by atoms with Crippen molar-refractivity contribution in [3.05, 3.63) is 58.0 Å². The van der Waals surface area contributed by atoms with Gasteiger partial charge in [0.25, 0.3) is 11.6 Å². The number of rotatable bonds is 7. The maximum atomic E-state index is 12.3. The highest BCUT2D eigenvalue weighted by Gasteiger charge is 2.25. The molecule has 4 N–H and O–H groups in total. The molecule has 182 valence electrons. The van der Waals surface area contributed by atoms with Gasteiger partial charge in [0.2, 0.25) is 0 Å². The molecule has 13 nitrogen and oxygen atoms in total. The molecule has 3 aromatic rings. The number of aryl methyl sites for hydroxylation is 1. The minimum atomic E-state index is -0.708. The number of nitro groups is 1. The van der Waals surface area contributed by atoms with Crippen LogP contribution in [0.3, 0.4) is 0 Å². The molecule has 35 heavy (non-hydrogen) atoms. The van der Waals surface area contributed by atoms with Gasteiger partial charge in [0, 0.05) is 31.3 Å². The van der Waals surface area contributed by atoms with Gasteiger partial charge in [0.1, 0.15) is 16.6 Å². The van der Waals surface area contributed by atoms with Crippen molar-refractivity contribution < 1.29 is 19.2 Å². The normalized spacial score (nSPS) is 15.3. The van der Waals surface area contributed by atoms with E-state index in [-0.39, 0.29) is 29.0 Å². The van der Waals surface area contributed by atoms with Gasteiger partial charge in [0.15, 0.2) is 11.5 Å². The Bertz CT molecular complexity index is 1250. The van der Waals surface area contributed by atoms with Gasteiger partial charge in [-0.2, -0.15) is 4.37 Å². The van der Waals surface area contributed by atoms with E-state index in [4.69, 9.17) is 10.5 Å². The number of nitrogens with two attached hydrogens (primary N) is 1. The summed E-state index contributed by atoms with van der Waals surface area (Å²) in [5.41, 5.74) is 6.21. The lowest BCUT2D eigenvalue weighted by molar-refractivity contribution is -0.384. The van der Waals surface area contributed by atoms with E-state index >= 15 is 0 Å². The van der Waals surface area contributed by atoms with Crippen LogP contribution < -0.4 is 26.0 Å². The summed E-state index contributed by atoms with van der Waals surface area (Å²) in [6.07, 6.45) is 2.31. The summed E-state index contributed by atoms with van der Waals surface area (Å²) in [7, 11) is 0. The van der Waals surface area contributed by atoms with Crippen molar-refractivity contribution >= 4 is 45.9 Å². The molecule has 1 aromatic carbocycles. The SMILES string of the molecule is Cc1cc(Nc2nc(N3CCC[C@@H](NC(=O)Oc4ccc([N+](=O)[O-])cc4)C3)cnc2C(N)=O)sn1. The van der Waals surface area contributed by atoms with Gasteiger partial charge in [0.05, 0.1) is 16.8 Å². The van der Waals surface area contributed by atoms with Crippen molar-refractivity contribution in [2.75, 3.05) is 23.3 Å². The van der Waals surface area contributed by atoms with Crippen LogP contribution in [0.4, 0.5) is 27.1 Å². The van der Waals surface area contributed by atoms with E-state index in [1.54, 1.807) is 0 Å². The van der Waals surface area contributed by atoms with Gasteiger partial charge in [-0.05, 0) is 49.5 Å². The maximum Gasteiger partial charge on any atom is 0.412 e. The Labute approximate surface area is 203 Å². The topological polar surface area (TPSA) is 178 Å². The third kappa shape index (κ3) is 5.97. The molecule has 4 rings (SSSR count). The number of nitrogens with one attached hydrogen (secondary N) is 2. The first-order valence-corrected chi connectivity index (χ1v) is 11.4. The maximum absolute atomic E-state index is 12.3. The molecule has 2 aromatic heterocycles. The lowest BCUT2D eigenvalue weighted by atomic mass is 10.1. The van der Waals surface area contributed by atoms with Gasteiger partial charge in [-0.25, -0.2) is 14.8 Å². The molecular weight excluding hydrogens is 476 g/mol. The fourth-order valence-corrected chi connectivity index (χ4v) is 4.24. The van der Waals surface area contributed by atoms with Gasteiger partial charge in [-0.3, -0.25) is 14.9 Å². The Morgan fingerprint density at radius 1 is 1.31 bits per heavy atom. The number of hydrogen-bond donors (Lipinski definition) is 3. The zero-order valence-corrected chi connectivity index (χ0v) is 19.4. The van der Waals surface area contributed by atoms with Crippen molar-refractivity contribution in [3.8, 4) is 5.75 Å². The van der Waals surface area contributed by atoms with E-state index in [1.807, 2.05) is 17.9 Å². The monoisotopic (exact) mass is 498 g/mol. The number of non-ortho nitro benzene ring substituents is 1. The molecule has 0 spiro atoms. The van der Waals surface area contributed by atoms with Crippen LogP contribution >= 0.6 is 11.5 Å². The standard InChI is InChI=1S/C21H22N8O5S/c1-12-9-17(35-27-12)26-20-18(19(22)30)23-10-16(25-20)28-8-2-3-13(11-28)24-21(31)34-15-6-4-14(5-7-15)29(32)33/h4-7,9-10,13H,2-3,8,11H2,1H3,(H2,22,30)(H,24,31)(H,25,26)/t13-/m1/s1. The van der Waals surface area contributed by atoms with Gasteiger partial charge >= 0.3 is 6.09 Å². The van der Waals surface area contributed by atoms with Gasteiger partial charge < -0.3 is 26.0 Å². The Balaban J connectivity index is 1.42. The average molecular weight is 499 g/mol. The number of piperidine rings is 1. The molecule has 0 saturated carbocycles. The lowest BCUT2D eigenvalue weighted by Crippen LogP contribution is -2.48. The number of carbonyl (C=O) groups is 2. The van der Waals surface area contributed by atoms with Crippen LogP contribution in [0.5, 0.6) is 5.75 Å². The third-order valence-electron chi connectivity index (χ3n) is 5.19. The van der Waals surface area contributed by atoms with Crippen molar-refractivity contribution in [2.45, 2.75) is 25.8 Å². The summed E-state index contributed by atoms with van der Waals surface area (Å²) in [6.45, 7) is 2.98. The molecule has 1 saturated heterocycles. The molecule has 1 aliphatic heterocycles. The highest BCUT2D eigenvalue weighted by molar-refractivity contribution is 7.10. The Kier molecular flexibility index (Phi) is 7.01. The molecule has 1 atom stereocenters. The van der Waals surface area contributed by atoms with Crippen LogP contribution in [-0.4, -0.2) is 50.4 Å². The minimum absolute atomic E-state index is 0.0122. The van der Waals surface area contributed by atoms with Crippen molar-refractivity contribution in [2.24, 2.45) is 5.73 Å². The predicted octanol–water partition coefficient (Wildman–Crippen LogP) is 2.75. The molecule has 1 aliphatic rings. The first-order chi connectivity index (χ1) is 16.8. The summed E-state index contributed by atoms with van der Waals surface area (Å²) >= 11 is 1.23. The zero-order valence-electron chi connectivity index (χ0n) is 18.6. The number of ether oxygens (including phenoxy) is 1. The van der Waals surface area contributed by atoms with Crippen molar-refractivity contribution in [3.63, 3.8) is 0 Å². The summed E-state index contributed by atoms with van der Waals surface area (Å²) in [5.74, 6) is 0.239. The summed E-state index contributed by atoms with van der Waals surface area (Å²) in [6, 6.07) is 6.84. The van der Waals surface area contributed by atoms with E-state index in [2.05, 4.69) is 25.0 Å². The smallest absolute Gasteiger partial charge is 0.410 e. The van der Waals surface area contributed by atoms with Crippen LogP contribution in [-0.2, 0) is 0 Å². The van der Waals surface area contributed by atoms with Crippen molar-refractivity contribution in [1.29, 1.82) is 0 Å². The van der Waals surface area contributed by atoms with Gasteiger partial charge in [-0.1, -0.05) is 0 Å². The predicted molar refractivity (Wildman–Crippen MR) is 128 cm³/mol. The number of amides is 2. The number of primary amides is 1. The molecular formula is C21H22N8O5S. The first kappa shape index (κ1) is 23.8. The molecule has 2 amide bonds. The molecule has 14 heteroatoms. The van der Waals surface area contributed by atoms with Crippen molar-refractivity contribution in [1.82, 2.24) is 19.7 Å². The quantitative estimate of drug-likeness (QED) is 0.324. The van der Waals surface area contributed by atoms with E-state index in [9.17, 15) is 19.7 Å². The number of anilines is 3. The van der Waals surface area contributed by atoms with Crippen LogP contribution in [0.25, 0.3) is 0 Å². The highest BCUT2D eigenvalue weighted by atomic mass is 32.1. The van der Waals surface area contributed by atoms with Crippen LogP contribution in [0.1, 0.15) is 29.0 Å². The van der Waals surface area contributed by atoms with Gasteiger partial charge in [-0.15, -0.1) is 0 Å². The summed E-state index contributed by atoms with van der Waals surface area (Å²) in [5, 5.41) is 17.3. The van der Waals surface area contributed by atoms with Crippen LogP contribution in [0.2, 0.25) is 0 Å². The highest BCUT2D eigenvalue weighted by Crippen LogP contribution is 2.26. The first-order valence-electron chi connectivity index (χ1n) is 10.6. The summed E-state index contributed by atoms with van der Waals surface area (Å²) < 4.78 is 9.44. The second kappa shape index (κ2) is 10.3. The van der Waals surface area contributed by atoms with E-state index in [1.165, 1.54) is 42.0 Å². The number of hydrogen-bond acceptors (Lipinski definition) is 11. The Morgan fingerprint density at radius 2 is 2.09 bits per heavy atom. The molecule has 0 aliphatic carbocycles. The lowest BCUT2D eigenvalue weighted by Gasteiger charge is -2.33. The molecule has 0 radical (unpaired) electrons. The number of aromatic nitrogens is 3. The zero-order chi connectivity index (χ0) is 24.9. The second-order valence-electron chi connectivity index (χ2n) is 7.82. The molecule has 0 unspecified atom stereocenters. The third-order valence-corrected chi connectivity index (χ3v) is 5.98. The Morgan fingerprint density at radius 3 is 2.74 bits per heavy atom. The van der Waals surface area contributed by atoms with E-state index < -0.39 is 16.9 Å². The number of nitro benzene ring substituents is 1. The molecule has 3 heterocycles. The molecule has 1 fully saturated rings. The Hall–Kier alpha value is -4.33. The van der Waals surface area contributed by atoms with E-state index in [0.29, 0.717) is 23.9 Å². The van der Waals surface area contributed by atoms with Crippen LogP contribution in [0, 0.1) is 17.0 Å². The fraction of sp³-hybridized carbons (Fsp3) is 0.286.